The summed E-state index contributed by atoms with van der Waals surface area (Å²) in [7, 11) is 0. The fraction of sp³-hybridized carbons (Fsp3) is 0.385. The van der Waals surface area contributed by atoms with E-state index < -0.39 is 6.23 Å². The van der Waals surface area contributed by atoms with Crippen molar-refractivity contribution in [1.82, 2.24) is 4.90 Å². The van der Waals surface area contributed by atoms with Crippen LogP contribution in [-0.2, 0) is 20.7 Å². The van der Waals surface area contributed by atoms with E-state index in [1.165, 1.54) is 4.90 Å². The van der Waals surface area contributed by atoms with Crippen LogP contribution in [-0.4, -0.2) is 41.3 Å². The van der Waals surface area contributed by atoms with Crippen molar-refractivity contribution in [3.8, 4) is 0 Å². The molecule has 1 aromatic carbocycles. The molecular formula is C13H14BrNO3. The maximum absolute atomic E-state index is 11.8. The van der Waals surface area contributed by atoms with Gasteiger partial charge in [-0.2, -0.15) is 0 Å². The molecule has 18 heavy (non-hydrogen) atoms. The lowest BCUT2D eigenvalue weighted by atomic mass is 10.1. The zero-order chi connectivity index (χ0) is 13.0. The Morgan fingerprint density at radius 3 is 2.78 bits per heavy atom. The second-order valence-corrected chi connectivity index (χ2v) is 4.70. The zero-order valence-corrected chi connectivity index (χ0v) is 11.4. The van der Waals surface area contributed by atoms with E-state index in [0.29, 0.717) is 19.3 Å². The molecule has 0 aromatic heterocycles. The van der Waals surface area contributed by atoms with Crippen LogP contribution in [0.2, 0.25) is 0 Å². The van der Waals surface area contributed by atoms with Crippen LogP contribution in [0.5, 0.6) is 0 Å². The third-order valence-corrected chi connectivity index (χ3v) is 3.44. The maximum Gasteiger partial charge on any atom is 0.235 e. The van der Waals surface area contributed by atoms with Crippen LogP contribution in [0.25, 0.3) is 0 Å². The molecule has 1 aliphatic heterocycles. The summed E-state index contributed by atoms with van der Waals surface area (Å²) in [5.74, 6) is -0.120. The van der Waals surface area contributed by atoms with Gasteiger partial charge in [-0.15, -0.1) is 0 Å². The predicted molar refractivity (Wildman–Crippen MR) is 70.4 cm³/mol. The van der Waals surface area contributed by atoms with E-state index in [4.69, 9.17) is 4.74 Å². The number of alkyl halides is 1. The molecule has 0 N–H and O–H groups in total. The van der Waals surface area contributed by atoms with Crippen LogP contribution in [0, 0.1) is 0 Å². The van der Waals surface area contributed by atoms with Gasteiger partial charge in [0.05, 0.1) is 18.0 Å². The van der Waals surface area contributed by atoms with Crippen molar-refractivity contribution < 1.29 is 14.3 Å². The Kier molecular flexibility index (Phi) is 4.49. The first-order valence-corrected chi connectivity index (χ1v) is 6.86. The molecule has 1 amide bonds. The number of benzene rings is 1. The van der Waals surface area contributed by atoms with Crippen molar-refractivity contribution in [2.75, 3.05) is 11.9 Å². The summed E-state index contributed by atoms with van der Waals surface area (Å²) in [6.07, 6.45) is 0.624. The number of carbonyl (C=O) groups excluding carboxylic acids is 2. The molecule has 0 bridgehead atoms. The van der Waals surface area contributed by atoms with Gasteiger partial charge in [0.1, 0.15) is 0 Å². The SMILES string of the molecule is O=CC1OCC(Cc2ccccc2)N1C(=O)CBr. The minimum absolute atomic E-state index is 0.0763. The molecule has 1 fully saturated rings. The fourth-order valence-corrected chi connectivity index (χ4v) is 2.43. The number of aldehydes is 1. The summed E-state index contributed by atoms with van der Waals surface area (Å²) in [6.45, 7) is 0.400. The average Bonchev–Trinajstić information content (AvgIpc) is 2.82. The van der Waals surface area contributed by atoms with Gasteiger partial charge < -0.3 is 9.64 Å². The predicted octanol–water partition coefficient (Wildman–Crippen LogP) is 1.38. The zero-order valence-electron chi connectivity index (χ0n) is 9.79. The van der Waals surface area contributed by atoms with Crippen LogP contribution < -0.4 is 0 Å². The van der Waals surface area contributed by atoms with Crippen molar-refractivity contribution in [3.05, 3.63) is 35.9 Å². The number of ether oxygens (including phenoxy) is 1. The van der Waals surface area contributed by atoms with Crippen LogP contribution >= 0.6 is 15.9 Å². The Hall–Kier alpha value is -1.20. The van der Waals surface area contributed by atoms with Gasteiger partial charge in [-0.25, -0.2) is 0 Å². The van der Waals surface area contributed by atoms with Crippen LogP contribution in [0.1, 0.15) is 5.56 Å². The lowest BCUT2D eigenvalue weighted by Gasteiger charge is -2.24. The standard InChI is InChI=1S/C13H14BrNO3/c14-7-12(17)15-11(9-18-13(15)8-16)6-10-4-2-1-3-5-10/h1-5,8,11,13H,6-7,9H2. The Balaban J connectivity index is 2.12. The summed E-state index contributed by atoms with van der Waals surface area (Å²) < 4.78 is 5.34. The highest BCUT2D eigenvalue weighted by atomic mass is 79.9. The van der Waals surface area contributed by atoms with Crippen LogP contribution in [0.3, 0.4) is 0 Å². The molecule has 1 aliphatic rings. The molecule has 1 aromatic rings. The Labute approximate surface area is 114 Å². The molecule has 5 heteroatoms. The first kappa shape index (κ1) is 13.2. The lowest BCUT2D eigenvalue weighted by molar-refractivity contribution is -0.140. The van der Waals surface area contributed by atoms with Gasteiger partial charge in [0.15, 0.2) is 12.5 Å². The Bertz CT molecular complexity index is 424. The Morgan fingerprint density at radius 2 is 2.17 bits per heavy atom. The van der Waals surface area contributed by atoms with Gasteiger partial charge in [-0.3, -0.25) is 9.59 Å². The number of nitrogens with zero attached hydrogens (tertiary/aromatic N) is 1. The van der Waals surface area contributed by atoms with Gasteiger partial charge in [0.2, 0.25) is 5.91 Å². The van der Waals surface area contributed by atoms with Gasteiger partial charge in [0.25, 0.3) is 0 Å². The molecule has 0 saturated carbocycles. The largest absolute Gasteiger partial charge is 0.349 e. The number of carbonyl (C=O) groups is 2. The molecule has 2 rings (SSSR count). The van der Waals surface area contributed by atoms with E-state index in [9.17, 15) is 9.59 Å². The minimum Gasteiger partial charge on any atom is -0.349 e. The molecular weight excluding hydrogens is 298 g/mol. The number of rotatable bonds is 4. The highest BCUT2D eigenvalue weighted by molar-refractivity contribution is 9.09. The van der Waals surface area contributed by atoms with Gasteiger partial charge in [-0.05, 0) is 12.0 Å². The number of hydrogen-bond donors (Lipinski definition) is 0. The fourth-order valence-electron chi connectivity index (χ4n) is 2.14. The molecule has 4 nitrogen and oxygen atoms in total. The molecule has 0 radical (unpaired) electrons. The van der Waals surface area contributed by atoms with Crippen molar-refractivity contribution in [3.63, 3.8) is 0 Å². The van der Waals surface area contributed by atoms with E-state index in [-0.39, 0.29) is 17.3 Å². The van der Waals surface area contributed by atoms with E-state index in [2.05, 4.69) is 15.9 Å². The maximum atomic E-state index is 11.8. The quantitative estimate of drug-likeness (QED) is 0.623. The van der Waals surface area contributed by atoms with Gasteiger partial charge >= 0.3 is 0 Å². The van der Waals surface area contributed by atoms with Gasteiger partial charge in [0, 0.05) is 0 Å². The monoisotopic (exact) mass is 311 g/mol. The van der Waals surface area contributed by atoms with Crippen molar-refractivity contribution >= 4 is 28.1 Å². The molecule has 2 atom stereocenters. The molecule has 2 unspecified atom stereocenters. The highest BCUT2D eigenvalue weighted by Crippen LogP contribution is 2.20. The number of halogens is 1. The third kappa shape index (κ3) is 2.79. The normalized spacial score (nSPS) is 23.1. The summed E-state index contributed by atoms with van der Waals surface area (Å²) >= 11 is 3.13. The Morgan fingerprint density at radius 1 is 1.44 bits per heavy atom. The van der Waals surface area contributed by atoms with Gasteiger partial charge in [-0.1, -0.05) is 46.3 Å². The minimum atomic E-state index is -0.747. The molecule has 1 saturated heterocycles. The smallest absolute Gasteiger partial charge is 0.235 e. The first-order chi connectivity index (χ1) is 8.76. The first-order valence-electron chi connectivity index (χ1n) is 5.74. The van der Waals surface area contributed by atoms with E-state index in [0.717, 1.165) is 5.56 Å². The van der Waals surface area contributed by atoms with Crippen LogP contribution in [0.4, 0.5) is 0 Å². The second-order valence-electron chi connectivity index (χ2n) is 4.14. The van der Waals surface area contributed by atoms with Crippen molar-refractivity contribution in [2.45, 2.75) is 18.7 Å². The topological polar surface area (TPSA) is 46.6 Å². The highest BCUT2D eigenvalue weighted by Gasteiger charge is 2.36. The molecule has 96 valence electrons. The second kappa shape index (κ2) is 6.11. The molecule has 0 spiro atoms. The van der Waals surface area contributed by atoms with E-state index in [1.54, 1.807) is 0 Å². The number of hydrogen-bond acceptors (Lipinski definition) is 3. The summed E-state index contributed by atoms with van der Waals surface area (Å²) in [4.78, 5) is 24.2. The molecule has 0 aliphatic carbocycles. The van der Waals surface area contributed by atoms with Crippen molar-refractivity contribution in [1.29, 1.82) is 0 Å². The summed E-state index contributed by atoms with van der Waals surface area (Å²) in [5, 5.41) is 0.200. The third-order valence-electron chi connectivity index (χ3n) is 2.96. The summed E-state index contributed by atoms with van der Waals surface area (Å²) in [6, 6.07) is 9.80. The van der Waals surface area contributed by atoms with E-state index in [1.807, 2.05) is 30.3 Å². The summed E-state index contributed by atoms with van der Waals surface area (Å²) in [5.41, 5.74) is 1.13. The average molecular weight is 312 g/mol. The van der Waals surface area contributed by atoms with Crippen LogP contribution in [0.15, 0.2) is 30.3 Å². The van der Waals surface area contributed by atoms with E-state index >= 15 is 0 Å². The molecule has 1 heterocycles. The number of amides is 1. The van der Waals surface area contributed by atoms with Crippen molar-refractivity contribution in [2.24, 2.45) is 0 Å². The lowest BCUT2D eigenvalue weighted by Crippen LogP contribution is -2.44.